The van der Waals surface area contributed by atoms with Gasteiger partial charge in [0, 0.05) is 25.2 Å². The first-order valence-corrected chi connectivity index (χ1v) is 7.36. The van der Waals surface area contributed by atoms with Crippen molar-refractivity contribution in [2.75, 3.05) is 27.2 Å². The Morgan fingerprint density at radius 1 is 0.913 bits per heavy atom. The number of hydrogen-bond donors (Lipinski definition) is 1. The molecule has 0 aliphatic heterocycles. The second kappa shape index (κ2) is 12.2. The minimum absolute atomic E-state index is 0. The predicted octanol–water partition coefficient (Wildman–Crippen LogP) is 3.76. The van der Waals surface area contributed by atoms with Gasteiger partial charge in [0.05, 0.1) is 0 Å². The summed E-state index contributed by atoms with van der Waals surface area (Å²) in [6, 6.07) is 18.5. The SMILES string of the molecule is CN(C)CCNCc1ccccc1OCc1ccccc1.Cl.Cl. The standard InChI is InChI=1S/C18H24N2O.2ClH/c1-20(2)13-12-19-14-17-10-6-7-11-18(17)21-15-16-8-4-3-5-9-16;;/h3-11,19H,12-15H2,1-2H3;2*1H. The number of likely N-dealkylation sites (N-methyl/N-ethyl adjacent to an activating group) is 1. The third-order valence-electron chi connectivity index (χ3n) is 3.26. The molecular formula is C18H26Cl2N2O. The summed E-state index contributed by atoms with van der Waals surface area (Å²) in [5.74, 6) is 0.957. The average Bonchev–Trinajstić information content (AvgIpc) is 2.51. The van der Waals surface area contributed by atoms with E-state index in [2.05, 4.69) is 48.6 Å². The molecule has 0 radical (unpaired) electrons. The van der Waals surface area contributed by atoms with Crippen LogP contribution in [0.5, 0.6) is 5.75 Å². The maximum atomic E-state index is 5.95. The van der Waals surface area contributed by atoms with E-state index in [1.165, 1.54) is 11.1 Å². The summed E-state index contributed by atoms with van der Waals surface area (Å²) in [6.07, 6.45) is 0. The molecule has 0 amide bonds. The van der Waals surface area contributed by atoms with Crippen LogP contribution in [-0.2, 0) is 13.2 Å². The van der Waals surface area contributed by atoms with Gasteiger partial charge in [-0.2, -0.15) is 0 Å². The molecule has 2 aromatic carbocycles. The Balaban J connectivity index is 0.00000242. The molecule has 0 atom stereocenters. The number of ether oxygens (including phenoxy) is 1. The van der Waals surface area contributed by atoms with Gasteiger partial charge in [0.2, 0.25) is 0 Å². The summed E-state index contributed by atoms with van der Waals surface area (Å²) >= 11 is 0. The molecule has 0 aliphatic carbocycles. The molecule has 0 saturated carbocycles. The van der Waals surface area contributed by atoms with Gasteiger partial charge in [-0.1, -0.05) is 48.5 Å². The molecule has 0 unspecified atom stereocenters. The number of halogens is 2. The fourth-order valence-electron chi connectivity index (χ4n) is 2.05. The molecule has 128 valence electrons. The van der Waals surface area contributed by atoms with Crippen LogP contribution in [0.3, 0.4) is 0 Å². The van der Waals surface area contributed by atoms with Gasteiger partial charge in [-0.25, -0.2) is 0 Å². The molecule has 0 heterocycles. The smallest absolute Gasteiger partial charge is 0.124 e. The molecular weight excluding hydrogens is 331 g/mol. The van der Waals surface area contributed by atoms with E-state index in [-0.39, 0.29) is 24.8 Å². The highest BCUT2D eigenvalue weighted by atomic mass is 35.5. The molecule has 1 N–H and O–H groups in total. The Morgan fingerprint density at radius 3 is 2.26 bits per heavy atom. The van der Waals surface area contributed by atoms with Crippen molar-refractivity contribution in [1.82, 2.24) is 10.2 Å². The molecule has 2 rings (SSSR count). The van der Waals surface area contributed by atoms with Crippen molar-refractivity contribution in [3.63, 3.8) is 0 Å². The van der Waals surface area contributed by atoms with Gasteiger partial charge < -0.3 is 15.0 Å². The highest BCUT2D eigenvalue weighted by molar-refractivity contribution is 5.85. The van der Waals surface area contributed by atoms with Gasteiger partial charge in [-0.3, -0.25) is 0 Å². The summed E-state index contributed by atoms with van der Waals surface area (Å²) in [4.78, 5) is 2.17. The van der Waals surface area contributed by atoms with Crippen LogP contribution in [0.25, 0.3) is 0 Å². The maximum absolute atomic E-state index is 5.95. The molecule has 0 aliphatic rings. The molecule has 0 saturated heterocycles. The zero-order valence-corrected chi connectivity index (χ0v) is 15.3. The minimum atomic E-state index is 0. The Kier molecular flexibility index (Phi) is 11.5. The third-order valence-corrected chi connectivity index (χ3v) is 3.26. The first kappa shape index (κ1) is 21.7. The molecule has 5 heteroatoms. The number of benzene rings is 2. The van der Waals surface area contributed by atoms with Gasteiger partial charge in [0.25, 0.3) is 0 Å². The minimum Gasteiger partial charge on any atom is -0.489 e. The lowest BCUT2D eigenvalue weighted by molar-refractivity contribution is 0.302. The van der Waals surface area contributed by atoms with Crippen molar-refractivity contribution in [2.45, 2.75) is 13.2 Å². The van der Waals surface area contributed by atoms with Crippen LogP contribution >= 0.6 is 24.8 Å². The van der Waals surface area contributed by atoms with Crippen molar-refractivity contribution in [3.8, 4) is 5.75 Å². The van der Waals surface area contributed by atoms with E-state index >= 15 is 0 Å². The van der Waals surface area contributed by atoms with Crippen molar-refractivity contribution >= 4 is 24.8 Å². The average molecular weight is 357 g/mol. The highest BCUT2D eigenvalue weighted by Gasteiger charge is 2.03. The fraction of sp³-hybridized carbons (Fsp3) is 0.333. The summed E-state index contributed by atoms with van der Waals surface area (Å²) in [7, 11) is 4.16. The number of nitrogens with zero attached hydrogens (tertiary/aromatic N) is 1. The maximum Gasteiger partial charge on any atom is 0.124 e. The summed E-state index contributed by atoms with van der Waals surface area (Å²) in [5, 5.41) is 3.45. The van der Waals surface area contributed by atoms with Crippen LogP contribution in [0.1, 0.15) is 11.1 Å². The predicted molar refractivity (Wildman–Crippen MR) is 102 cm³/mol. The summed E-state index contributed by atoms with van der Waals surface area (Å²) in [6.45, 7) is 3.45. The van der Waals surface area contributed by atoms with Crippen LogP contribution in [0.4, 0.5) is 0 Å². The zero-order chi connectivity index (χ0) is 14.9. The Bertz CT molecular complexity index is 536. The van der Waals surface area contributed by atoms with E-state index in [4.69, 9.17) is 4.74 Å². The lowest BCUT2D eigenvalue weighted by atomic mass is 10.2. The molecule has 0 aromatic heterocycles. The van der Waals surface area contributed by atoms with E-state index in [9.17, 15) is 0 Å². The first-order valence-electron chi connectivity index (χ1n) is 7.36. The van der Waals surface area contributed by atoms with Crippen molar-refractivity contribution in [1.29, 1.82) is 0 Å². The monoisotopic (exact) mass is 356 g/mol. The van der Waals surface area contributed by atoms with Gasteiger partial charge in [-0.05, 0) is 25.7 Å². The van der Waals surface area contributed by atoms with Crippen LogP contribution < -0.4 is 10.1 Å². The Labute approximate surface area is 151 Å². The molecule has 0 spiro atoms. The number of para-hydroxylation sites is 1. The van der Waals surface area contributed by atoms with Gasteiger partial charge >= 0.3 is 0 Å². The van der Waals surface area contributed by atoms with Crippen LogP contribution in [-0.4, -0.2) is 32.1 Å². The van der Waals surface area contributed by atoms with Gasteiger partial charge in [-0.15, -0.1) is 24.8 Å². The summed E-state index contributed by atoms with van der Waals surface area (Å²) < 4.78 is 5.95. The van der Waals surface area contributed by atoms with Gasteiger partial charge in [0.15, 0.2) is 0 Å². The lowest BCUT2D eigenvalue weighted by Crippen LogP contribution is -2.26. The van der Waals surface area contributed by atoms with Crippen molar-refractivity contribution in [3.05, 3.63) is 65.7 Å². The molecule has 3 nitrogen and oxygen atoms in total. The number of nitrogens with one attached hydrogen (secondary N) is 1. The van der Waals surface area contributed by atoms with Crippen molar-refractivity contribution in [2.24, 2.45) is 0 Å². The first-order chi connectivity index (χ1) is 10.3. The number of rotatable bonds is 8. The molecule has 0 bridgehead atoms. The van der Waals surface area contributed by atoms with Crippen LogP contribution in [0.2, 0.25) is 0 Å². The Morgan fingerprint density at radius 2 is 1.57 bits per heavy atom. The zero-order valence-electron chi connectivity index (χ0n) is 13.7. The second-order valence-corrected chi connectivity index (χ2v) is 5.36. The van der Waals surface area contributed by atoms with E-state index in [0.29, 0.717) is 6.61 Å². The molecule has 2 aromatic rings. The largest absolute Gasteiger partial charge is 0.489 e. The molecule has 0 fully saturated rings. The third kappa shape index (κ3) is 8.24. The van der Waals surface area contributed by atoms with E-state index in [1.807, 2.05) is 30.3 Å². The van der Waals surface area contributed by atoms with Crippen LogP contribution in [0.15, 0.2) is 54.6 Å². The fourth-order valence-corrected chi connectivity index (χ4v) is 2.05. The second-order valence-electron chi connectivity index (χ2n) is 5.36. The van der Waals surface area contributed by atoms with Gasteiger partial charge in [0.1, 0.15) is 12.4 Å². The quantitative estimate of drug-likeness (QED) is 0.728. The van der Waals surface area contributed by atoms with E-state index in [1.54, 1.807) is 0 Å². The molecule has 23 heavy (non-hydrogen) atoms. The Hall–Kier alpha value is -1.26. The topological polar surface area (TPSA) is 24.5 Å². The normalized spacial score (nSPS) is 9.87. The number of hydrogen-bond acceptors (Lipinski definition) is 3. The highest BCUT2D eigenvalue weighted by Crippen LogP contribution is 2.19. The van der Waals surface area contributed by atoms with E-state index in [0.717, 1.165) is 25.4 Å². The van der Waals surface area contributed by atoms with Crippen molar-refractivity contribution < 1.29 is 4.74 Å². The summed E-state index contributed by atoms with van der Waals surface area (Å²) in [5.41, 5.74) is 2.39. The van der Waals surface area contributed by atoms with Crippen LogP contribution in [0, 0.1) is 0 Å². The van der Waals surface area contributed by atoms with E-state index < -0.39 is 0 Å². The lowest BCUT2D eigenvalue weighted by Gasteiger charge is -2.13.